The predicted molar refractivity (Wildman–Crippen MR) is 65.5 cm³/mol. The number of anilines is 1. The Balaban J connectivity index is 2.58. The lowest BCUT2D eigenvalue weighted by molar-refractivity contribution is 0.116. The predicted octanol–water partition coefficient (Wildman–Crippen LogP) is 2.53. The third-order valence-corrected chi connectivity index (χ3v) is 2.04. The topological polar surface area (TPSA) is 47.0 Å². The quantitative estimate of drug-likeness (QED) is 0.722. The molecule has 0 aliphatic heterocycles. The maximum atomic E-state index is 5.43. The summed E-state index contributed by atoms with van der Waals surface area (Å²) in [6.07, 6.45) is 2.11. The number of rotatable bonds is 7. The van der Waals surface area contributed by atoms with E-state index < -0.39 is 0 Å². The van der Waals surface area contributed by atoms with Crippen LogP contribution in [0, 0.1) is 6.92 Å². The molecule has 0 saturated heterocycles. The van der Waals surface area contributed by atoms with E-state index in [1.54, 1.807) is 0 Å². The average Bonchev–Trinajstić information content (AvgIpc) is 2.26. The minimum atomic E-state index is 0.496. The van der Waals surface area contributed by atoms with E-state index in [1.807, 2.05) is 13.0 Å². The van der Waals surface area contributed by atoms with Crippen LogP contribution in [-0.4, -0.2) is 23.1 Å². The second-order valence-corrected chi connectivity index (χ2v) is 3.79. The first-order valence-electron chi connectivity index (χ1n) is 5.92. The molecule has 1 aromatic heterocycles. The minimum absolute atomic E-state index is 0.496. The van der Waals surface area contributed by atoms with Crippen LogP contribution in [0.15, 0.2) is 6.07 Å². The van der Waals surface area contributed by atoms with Gasteiger partial charge in [0.15, 0.2) is 5.82 Å². The van der Waals surface area contributed by atoms with Gasteiger partial charge in [0.2, 0.25) is 0 Å². The standard InChI is InChI=1S/C12H21N3O/c1-4-6-13-11-8-10(3)14-12(15-11)9-16-7-5-2/h8H,4-7,9H2,1-3H3,(H,13,14,15). The normalized spacial score (nSPS) is 10.4. The van der Waals surface area contributed by atoms with E-state index in [0.29, 0.717) is 6.61 Å². The van der Waals surface area contributed by atoms with Gasteiger partial charge in [0, 0.05) is 24.9 Å². The molecule has 1 aromatic rings. The molecule has 1 N–H and O–H groups in total. The molecule has 0 amide bonds. The van der Waals surface area contributed by atoms with E-state index in [1.165, 1.54) is 0 Å². The summed E-state index contributed by atoms with van der Waals surface area (Å²) in [5, 5.41) is 3.26. The van der Waals surface area contributed by atoms with Crippen molar-refractivity contribution in [2.24, 2.45) is 0 Å². The number of hydrogen-bond acceptors (Lipinski definition) is 4. The van der Waals surface area contributed by atoms with E-state index in [9.17, 15) is 0 Å². The van der Waals surface area contributed by atoms with Crippen molar-refractivity contribution in [3.8, 4) is 0 Å². The van der Waals surface area contributed by atoms with Gasteiger partial charge in [-0.3, -0.25) is 0 Å². The first-order valence-corrected chi connectivity index (χ1v) is 5.92. The summed E-state index contributed by atoms with van der Waals surface area (Å²) in [5.74, 6) is 1.65. The van der Waals surface area contributed by atoms with Gasteiger partial charge in [-0.25, -0.2) is 9.97 Å². The lowest BCUT2D eigenvalue weighted by Crippen LogP contribution is -2.07. The molecule has 4 heteroatoms. The number of nitrogens with zero attached hydrogens (tertiary/aromatic N) is 2. The fraction of sp³-hybridized carbons (Fsp3) is 0.667. The fourth-order valence-corrected chi connectivity index (χ4v) is 1.35. The Morgan fingerprint density at radius 3 is 2.75 bits per heavy atom. The Bertz CT molecular complexity index is 315. The second kappa shape index (κ2) is 7.17. The van der Waals surface area contributed by atoms with Crippen LogP contribution in [-0.2, 0) is 11.3 Å². The lowest BCUT2D eigenvalue weighted by atomic mass is 10.4. The minimum Gasteiger partial charge on any atom is -0.373 e. The largest absolute Gasteiger partial charge is 0.373 e. The van der Waals surface area contributed by atoms with Crippen molar-refractivity contribution in [1.29, 1.82) is 0 Å². The highest BCUT2D eigenvalue weighted by atomic mass is 16.5. The molecule has 90 valence electrons. The molecule has 0 spiro atoms. The molecule has 0 atom stereocenters. The summed E-state index contributed by atoms with van der Waals surface area (Å²) >= 11 is 0. The molecular formula is C12H21N3O. The van der Waals surface area contributed by atoms with E-state index in [4.69, 9.17) is 4.74 Å². The van der Waals surface area contributed by atoms with Crippen LogP contribution < -0.4 is 5.32 Å². The molecule has 16 heavy (non-hydrogen) atoms. The van der Waals surface area contributed by atoms with Crippen molar-refractivity contribution in [2.45, 2.75) is 40.2 Å². The maximum absolute atomic E-state index is 5.43. The van der Waals surface area contributed by atoms with Gasteiger partial charge in [-0.15, -0.1) is 0 Å². The summed E-state index contributed by atoms with van der Waals surface area (Å²) in [4.78, 5) is 8.73. The Morgan fingerprint density at radius 2 is 2.06 bits per heavy atom. The highest BCUT2D eigenvalue weighted by Gasteiger charge is 2.01. The Morgan fingerprint density at radius 1 is 1.25 bits per heavy atom. The van der Waals surface area contributed by atoms with Crippen molar-refractivity contribution in [3.63, 3.8) is 0 Å². The summed E-state index contributed by atoms with van der Waals surface area (Å²) in [6.45, 7) is 8.39. The molecule has 0 fully saturated rings. The summed E-state index contributed by atoms with van der Waals surface area (Å²) in [5.41, 5.74) is 0.976. The molecule has 0 aromatic carbocycles. The summed E-state index contributed by atoms with van der Waals surface area (Å²) < 4.78 is 5.43. The van der Waals surface area contributed by atoms with E-state index in [2.05, 4.69) is 29.1 Å². The summed E-state index contributed by atoms with van der Waals surface area (Å²) in [6, 6.07) is 1.96. The highest BCUT2D eigenvalue weighted by molar-refractivity contribution is 5.35. The molecule has 1 heterocycles. The van der Waals surface area contributed by atoms with E-state index in [-0.39, 0.29) is 0 Å². The van der Waals surface area contributed by atoms with Gasteiger partial charge in [-0.05, 0) is 19.8 Å². The van der Waals surface area contributed by atoms with Gasteiger partial charge < -0.3 is 10.1 Å². The fourth-order valence-electron chi connectivity index (χ4n) is 1.35. The van der Waals surface area contributed by atoms with Gasteiger partial charge in [0.1, 0.15) is 12.4 Å². The van der Waals surface area contributed by atoms with Crippen LogP contribution >= 0.6 is 0 Å². The van der Waals surface area contributed by atoms with Gasteiger partial charge in [0.05, 0.1) is 0 Å². The molecule has 0 aliphatic rings. The number of ether oxygens (including phenoxy) is 1. The monoisotopic (exact) mass is 223 g/mol. The highest BCUT2D eigenvalue weighted by Crippen LogP contribution is 2.07. The van der Waals surface area contributed by atoms with Crippen LogP contribution in [0.3, 0.4) is 0 Å². The number of hydrogen-bond donors (Lipinski definition) is 1. The van der Waals surface area contributed by atoms with Crippen molar-refractivity contribution < 1.29 is 4.74 Å². The Kier molecular flexibility index (Phi) is 5.78. The van der Waals surface area contributed by atoms with Crippen LogP contribution in [0.25, 0.3) is 0 Å². The zero-order valence-corrected chi connectivity index (χ0v) is 10.4. The molecule has 1 rings (SSSR count). The number of aromatic nitrogens is 2. The number of nitrogens with one attached hydrogen (secondary N) is 1. The van der Waals surface area contributed by atoms with E-state index in [0.717, 1.165) is 43.3 Å². The summed E-state index contributed by atoms with van der Waals surface area (Å²) in [7, 11) is 0. The SMILES string of the molecule is CCCNc1cc(C)nc(COCCC)n1. The van der Waals surface area contributed by atoms with Crippen molar-refractivity contribution >= 4 is 5.82 Å². The molecule has 4 nitrogen and oxygen atoms in total. The second-order valence-electron chi connectivity index (χ2n) is 3.79. The molecule has 0 radical (unpaired) electrons. The zero-order chi connectivity index (χ0) is 11.8. The van der Waals surface area contributed by atoms with Crippen LogP contribution in [0.4, 0.5) is 5.82 Å². The van der Waals surface area contributed by atoms with E-state index >= 15 is 0 Å². The van der Waals surface area contributed by atoms with Crippen LogP contribution in [0.5, 0.6) is 0 Å². The van der Waals surface area contributed by atoms with Gasteiger partial charge in [-0.2, -0.15) is 0 Å². The smallest absolute Gasteiger partial charge is 0.156 e. The third-order valence-electron chi connectivity index (χ3n) is 2.04. The zero-order valence-electron chi connectivity index (χ0n) is 10.4. The third kappa shape index (κ3) is 4.57. The first-order chi connectivity index (χ1) is 7.76. The van der Waals surface area contributed by atoms with Crippen molar-refractivity contribution in [2.75, 3.05) is 18.5 Å². The average molecular weight is 223 g/mol. The van der Waals surface area contributed by atoms with Crippen LogP contribution in [0.2, 0.25) is 0 Å². The Labute approximate surface area is 97.5 Å². The maximum Gasteiger partial charge on any atom is 0.156 e. The molecule has 0 bridgehead atoms. The van der Waals surface area contributed by atoms with Gasteiger partial charge in [0.25, 0.3) is 0 Å². The molecule has 0 saturated carbocycles. The van der Waals surface area contributed by atoms with Crippen LogP contribution in [0.1, 0.15) is 38.2 Å². The lowest BCUT2D eigenvalue weighted by Gasteiger charge is -2.07. The van der Waals surface area contributed by atoms with Gasteiger partial charge >= 0.3 is 0 Å². The Hall–Kier alpha value is -1.16. The van der Waals surface area contributed by atoms with Gasteiger partial charge in [-0.1, -0.05) is 13.8 Å². The molecular weight excluding hydrogens is 202 g/mol. The first kappa shape index (κ1) is 12.9. The number of aryl methyl sites for hydroxylation is 1. The molecule has 0 aliphatic carbocycles. The van der Waals surface area contributed by atoms with Crippen molar-refractivity contribution in [3.05, 3.63) is 17.6 Å². The molecule has 0 unspecified atom stereocenters. The van der Waals surface area contributed by atoms with Crippen molar-refractivity contribution in [1.82, 2.24) is 9.97 Å².